The first-order valence-corrected chi connectivity index (χ1v) is 13.2. The number of hydrogen-bond donors (Lipinski definition) is 0. The molecule has 2 aromatic rings. The molecule has 0 N–H and O–H groups in total. The van der Waals surface area contributed by atoms with Crippen molar-refractivity contribution in [2.24, 2.45) is 0 Å². The molecular formula is C25H31N6OP. The molecule has 2 fully saturated rings. The van der Waals surface area contributed by atoms with Crippen LogP contribution in [-0.2, 0) is 11.2 Å². The number of nitrogens with zero attached hydrogens (tertiary/aromatic N) is 6. The molecule has 0 bridgehead atoms. The number of amides is 1. The second-order valence-corrected chi connectivity index (χ2v) is 11.0. The quantitative estimate of drug-likeness (QED) is 0.653. The Hall–Kier alpha value is -2.50. The normalized spacial score (nSPS) is 26.7. The van der Waals surface area contributed by atoms with Gasteiger partial charge in [-0.1, -0.05) is 21.6 Å². The van der Waals surface area contributed by atoms with Crippen LogP contribution < -0.4 is 0 Å². The van der Waals surface area contributed by atoms with Crippen LogP contribution in [0.3, 0.4) is 0 Å². The fourth-order valence-electron chi connectivity index (χ4n) is 5.33. The van der Waals surface area contributed by atoms with Crippen molar-refractivity contribution in [2.45, 2.75) is 57.9 Å². The molecule has 33 heavy (non-hydrogen) atoms. The van der Waals surface area contributed by atoms with Crippen molar-refractivity contribution in [2.75, 3.05) is 19.6 Å². The van der Waals surface area contributed by atoms with Gasteiger partial charge in [0, 0.05) is 49.3 Å². The Bertz CT molecular complexity index is 1210. The summed E-state index contributed by atoms with van der Waals surface area (Å²) in [5.74, 6) is 0.115. The zero-order chi connectivity index (χ0) is 22.7. The summed E-state index contributed by atoms with van der Waals surface area (Å²) < 4.78 is 1.91. The Balaban J connectivity index is 1.23. The van der Waals surface area contributed by atoms with Crippen LogP contribution in [0.5, 0.6) is 0 Å². The lowest BCUT2D eigenvalue weighted by Gasteiger charge is -2.43. The van der Waals surface area contributed by atoms with E-state index in [2.05, 4.69) is 53.0 Å². The molecule has 3 unspecified atom stereocenters. The first-order valence-electron chi connectivity index (χ1n) is 12.1. The summed E-state index contributed by atoms with van der Waals surface area (Å²) >= 11 is 0. The van der Waals surface area contributed by atoms with Gasteiger partial charge >= 0.3 is 0 Å². The molecule has 6 rings (SSSR count). The van der Waals surface area contributed by atoms with Gasteiger partial charge in [0.1, 0.15) is 0 Å². The van der Waals surface area contributed by atoms with E-state index in [1.165, 1.54) is 12.8 Å². The Morgan fingerprint density at radius 3 is 2.85 bits per heavy atom. The van der Waals surface area contributed by atoms with Crippen molar-refractivity contribution in [3.63, 3.8) is 0 Å². The van der Waals surface area contributed by atoms with Crippen molar-refractivity contribution in [1.82, 2.24) is 29.3 Å². The fraction of sp³-hybridized carbons (Fsp3) is 0.480. The number of piperazine rings is 1. The van der Waals surface area contributed by atoms with E-state index >= 15 is 0 Å². The highest BCUT2D eigenvalue weighted by molar-refractivity contribution is 7.51. The van der Waals surface area contributed by atoms with Crippen LogP contribution in [0.1, 0.15) is 43.8 Å². The monoisotopic (exact) mass is 462 g/mol. The summed E-state index contributed by atoms with van der Waals surface area (Å²) in [5, 5.41) is 5.82. The second kappa shape index (κ2) is 8.07. The molecule has 7 nitrogen and oxygen atoms in total. The van der Waals surface area contributed by atoms with E-state index in [0.717, 1.165) is 65.7 Å². The predicted molar refractivity (Wildman–Crippen MR) is 132 cm³/mol. The molecule has 8 heteroatoms. The van der Waals surface area contributed by atoms with E-state index < -0.39 is 0 Å². The lowest BCUT2D eigenvalue weighted by molar-refractivity contribution is -0.123. The maximum absolute atomic E-state index is 13.1. The van der Waals surface area contributed by atoms with Crippen LogP contribution in [0, 0.1) is 6.92 Å². The predicted octanol–water partition coefficient (Wildman–Crippen LogP) is 3.37. The third kappa shape index (κ3) is 3.81. The van der Waals surface area contributed by atoms with E-state index in [1.807, 2.05) is 22.5 Å². The molecule has 1 saturated heterocycles. The van der Waals surface area contributed by atoms with Gasteiger partial charge < -0.3 is 9.80 Å². The van der Waals surface area contributed by atoms with Gasteiger partial charge in [0.05, 0.1) is 40.3 Å². The summed E-state index contributed by atoms with van der Waals surface area (Å²) in [5.41, 5.74) is 5.07. The third-order valence-corrected chi connectivity index (χ3v) is 8.65. The van der Waals surface area contributed by atoms with E-state index in [-0.39, 0.29) is 11.7 Å². The Kier molecular flexibility index (Phi) is 5.15. The zero-order valence-electron chi connectivity index (χ0n) is 19.5. The van der Waals surface area contributed by atoms with Gasteiger partial charge in [-0.2, -0.15) is 5.10 Å². The van der Waals surface area contributed by atoms with E-state index in [4.69, 9.17) is 5.10 Å². The highest BCUT2D eigenvalue weighted by atomic mass is 31.1. The Morgan fingerprint density at radius 1 is 1.24 bits per heavy atom. The number of aromatic nitrogens is 3. The highest BCUT2D eigenvalue weighted by Gasteiger charge is 2.36. The van der Waals surface area contributed by atoms with Gasteiger partial charge in [-0.05, 0) is 45.3 Å². The molecule has 3 atom stereocenters. The number of carbonyl (C=O) groups excluding carboxylic acids is 1. The van der Waals surface area contributed by atoms with Crippen molar-refractivity contribution in [3.05, 3.63) is 59.5 Å². The molecule has 2 aromatic heterocycles. The topological polar surface area (TPSA) is 57.0 Å². The molecule has 1 aliphatic carbocycles. The van der Waals surface area contributed by atoms with Gasteiger partial charge in [-0.15, -0.1) is 0 Å². The van der Waals surface area contributed by atoms with E-state index in [9.17, 15) is 4.79 Å². The molecule has 0 radical (unpaired) electrons. The summed E-state index contributed by atoms with van der Waals surface area (Å²) in [4.78, 5) is 24.8. The van der Waals surface area contributed by atoms with E-state index in [0.29, 0.717) is 14.6 Å². The lowest BCUT2D eigenvalue weighted by atomic mass is 10.1. The standard InChI is InChI=1S/C25H31N6OP/c1-4-20-22-11-21(27-31(22)13-16(2)26-20)23-12-24(32)30-15-19(7-8-25(30)33-23)28-9-10-29(17(3)14-28)18-5-6-18/h7-8,11-13,15,17-18,25,33H,4-6,9-10,14H2,1-3H3. The van der Waals surface area contributed by atoms with Gasteiger partial charge in [0.2, 0.25) is 0 Å². The van der Waals surface area contributed by atoms with Crippen molar-refractivity contribution in [3.8, 4) is 0 Å². The van der Waals surface area contributed by atoms with Gasteiger partial charge in [0.25, 0.3) is 5.91 Å². The number of carbonyl (C=O) groups is 1. The lowest BCUT2D eigenvalue weighted by Crippen LogP contribution is -2.52. The summed E-state index contributed by atoms with van der Waals surface area (Å²) in [6, 6.07) is 3.45. The molecular weight excluding hydrogens is 431 g/mol. The molecule has 4 aliphatic rings. The molecule has 172 valence electrons. The molecule has 1 saturated carbocycles. The summed E-state index contributed by atoms with van der Waals surface area (Å²) in [6.45, 7) is 9.60. The molecule has 3 aliphatic heterocycles. The number of rotatable bonds is 4. The fourth-order valence-corrected chi connectivity index (χ4v) is 6.66. The summed E-state index contributed by atoms with van der Waals surface area (Å²) in [6.07, 6.45) is 13.8. The number of hydrogen-bond acceptors (Lipinski definition) is 5. The maximum Gasteiger partial charge on any atom is 0.252 e. The van der Waals surface area contributed by atoms with Crippen LogP contribution >= 0.6 is 8.58 Å². The minimum atomic E-state index is 0.0438. The first-order chi connectivity index (χ1) is 16.0. The molecule has 5 heterocycles. The summed E-state index contributed by atoms with van der Waals surface area (Å²) in [7, 11) is 0.472. The number of aryl methyl sites for hydroxylation is 2. The van der Waals surface area contributed by atoms with Crippen LogP contribution in [0.2, 0.25) is 0 Å². The van der Waals surface area contributed by atoms with Crippen LogP contribution in [0.4, 0.5) is 0 Å². The minimum Gasteiger partial charge on any atom is -0.368 e. The second-order valence-electron chi connectivity index (χ2n) is 9.61. The third-order valence-electron chi connectivity index (χ3n) is 7.17. The van der Waals surface area contributed by atoms with Crippen LogP contribution in [-0.4, -0.2) is 72.7 Å². The van der Waals surface area contributed by atoms with Crippen molar-refractivity contribution < 1.29 is 4.79 Å². The molecule has 1 amide bonds. The Morgan fingerprint density at radius 2 is 2.09 bits per heavy atom. The largest absolute Gasteiger partial charge is 0.368 e. The van der Waals surface area contributed by atoms with Gasteiger partial charge in [0.15, 0.2) is 0 Å². The number of fused-ring (bicyclic) bond motifs is 2. The van der Waals surface area contributed by atoms with Crippen LogP contribution in [0.25, 0.3) is 10.8 Å². The zero-order valence-corrected chi connectivity index (χ0v) is 20.5. The average Bonchev–Trinajstić information content (AvgIpc) is 3.56. The SMILES string of the molecule is CCc1nc(C)cn2nc(C3=CC(=O)N4C=C(N5CCN(C6CC6)C(C)C5)C=CC4P3)cc12. The number of allylic oxidation sites excluding steroid dienone is 1. The average molecular weight is 463 g/mol. The van der Waals surface area contributed by atoms with E-state index in [1.54, 1.807) is 6.08 Å². The van der Waals surface area contributed by atoms with Gasteiger partial charge in [-0.25, -0.2) is 4.52 Å². The maximum atomic E-state index is 13.1. The molecule has 0 spiro atoms. The Labute approximate surface area is 196 Å². The van der Waals surface area contributed by atoms with Crippen LogP contribution in [0.15, 0.2) is 42.4 Å². The minimum absolute atomic E-state index is 0.0438. The van der Waals surface area contributed by atoms with Gasteiger partial charge in [-0.3, -0.25) is 14.7 Å². The molecule has 0 aromatic carbocycles. The first kappa shape index (κ1) is 21.1. The van der Waals surface area contributed by atoms with Crippen molar-refractivity contribution in [1.29, 1.82) is 0 Å². The highest BCUT2D eigenvalue weighted by Crippen LogP contribution is 2.44. The smallest absolute Gasteiger partial charge is 0.252 e. The van der Waals surface area contributed by atoms with Crippen molar-refractivity contribution >= 4 is 25.3 Å².